The molecular formula is C26H31N5O2. The van der Waals surface area contributed by atoms with Gasteiger partial charge in [-0.3, -0.25) is 14.0 Å². The van der Waals surface area contributed by atoms with Crippen LogP contribution in [-0.2, 0) is 16.0 Å². The lowest BCUT2D eigenvalue weighted by Crippen LogP contribution is -2.46. The number of aryl methyl sites for hydroxylation is 1. The minimum absolute atomic E-state index is 0.0358. The number of hydrogen-bond acceptors (Lipinski definition) is 4. The van der Waals surface area contributed by atoms with E-state index in [0.29, 0.717) is 25.4 Å². The summed E-state index contributed by atoms with van der Waals surface area (Å²) in [5, 5.41) is 8.68. The molecule has 7 heteroatoms. The van der Waals surface area contributed by atoms with Gasteiger partial charge in [0.15, 0.2) is 5.65 Å². The number of likely N-dealkylation sites (tertiary alicyclic amines) is 2. The number of hydrogen-bond donors (Lipinski definition) is 0. The van der Waals surface area contributed by atoms with E-state index in [1.165, 1.54) is 5.56 Å². The van der Waals surface area contributed by atoms with E-state index in [0.717, 1.165) is 56.7 Å². The van der Waals surface area contributed by atoms with Crippen LogP contribution < -0.4 is 0 Å². The largest absolute Gasteiger partial charge is 0.343 e. The standard InChI is InChI=1S/C26H31N5O2/c32-24(10-9-20-6-2-1-3-7-20)29-16-13-22(14-17-29)26(33)30-18-11-21(12-19-30)25-28-27-23-8-4-5-15-31(23)25/h1-8,15,21-22H,9-14,16-19H2. The van der Waals surface area contributed by atoms with E-state index in [-0.39, 0.29) is 17.7 Å². The molecule has 4 heterocycles. The third-order valence-electron chi connectivity index (χ3n) is 7.18. The fraction of sp³-hybridized carbons (Fsp3) is 0.462. The first-order chi connectivity index (χ1) is 16.2. The Hall–Kier alpha value is -3.22. The summed E-state index contributed by atoms with van der Waals surface area (Å²) in [5.41, 5.74) is 2.06. The van der Waals surface area contributed by atoms with Gasteiger partial charge in [-0.1, -0.05) is 36.4 Å². The van der Waals surface area contributed by atoms with Gasteiger partial charge in [-0.2, -0.15) is 0 Å². The molecule has 2 aliphatic heterocycles. The van der Waals surface area contributed by atoms with Crippen LogP contribution in [0.15, 0.2) is 54.7 Å². The van der Waals surface area contributed by atoms with Crippen molar-refractivity contribution in [1.82, 2.24) is 24.4 Å². The molecule has 2 aromatic heterocycles. The predicted octanol–water partition coefficient (Wildman–Crippen LogP) is 3.31. The lowest BCUT2D eigenvalue weighted by molar-refractivity contribution is -0.141. The summed E-state index contributed by atoms with van der Waals surface area (Å²) in [7, 11) is 0. The average Bonchev–Trinajstić information content (AvgIpc) is 3.32. The van der Waals surface area contributed by atoms with Crippen LogP contribution in [-0.4, -0.2) is 62.4 Å². The van der Waals surface area contributed by atoms with E-state index in [1.807, 2.05) is 52.4 Å². The highest BCUT2D eigenvalue weighted by molar-refractivity contribution is 5.80. The van der Waals surface area contributed by atoms with E-state index in [2.05, 4.69) is 26.7 Å². The number of rotatable bonds is 5. The Kier molecular flexibility index (Phi) is 6.37. The van der Waals surface area contributed by atoms with Crippen molar-refractivity contribution in [2.75, 3.05) is 26.2 Å². The summed E-state index contributed by atoms with van der Waals surface area (Å²) in [6.07, 6.45) is 6.69. The molecule has 0 atom stereocenters. The molecule has 2 fully saturated rings. The minimum Gasteiger partial charge on any atom is -0.343 e. The number of carbonyl (C=O) groups is 2. The monoisotopic (exact) mass is 445 g/mol. The van der Waals surface area contributed by atoms with Gasteiger partial charge < -0.3 is 9.80 Å². The van der Waals surface area contributed by atoms with Crippen LogP contribution in [0.2, 0.25) is 0 Å². The maximum absolute atomic E-state index is 13.1. The molecule has 2 aliphatic rings. The van der Waals surface area contributed by atoms with Crippen molar-refractivity contribution in [2.45, 2.75) is 44.4 Å². The van der Waals surface area contributed by atoms with Gasteiger partial charge in [-0.05, 0) is 49.8 Å². The van der Waals surface area contributed by atoms with Crippen LogP contribution in [0.4, 0.5) is 0 Å². The third-order valence-corrected chi connectivity index (χ3v) is 7.18. The lowest BCUT2D eigenvalue weighted by Gasteiger charge is -2.37. The predicted molar refractivity (Wildman–Crippen MR) is 126 cm³/mol. The second kappa shape index (κ2) is 9.73. The summed E-state index contributed by atoms with van der Waals surface area (Å²) < 4.78 is 2.06. The van der Waals surface area contributed by atoms with Crippen molar-refractivity contribution < 1.29 is 9.59 Å². The third kappa shape index (κ3) is 4.77. The number of fused-ring (bicyclic) bond motifs is 1. The Labute approximate surface area is 194 Å². The molecule has 33 heavy (non-hydrogen) atoms. The topological polar surface area (TPSA) is 70.8 Å². The highest BCUT2D eigenvalue weighted by atomic mass is 16.2. The summed E-state index contributed by atoms with van der Waals surface area (Å²) in [6, 6.07) is 16.1. The first-order valence-electron chi connectivity index (χ1n) is 12.1. The molecule has 2 amide bonds. The Balaban J connectivity index is 1.09. The van der Waals surface area contributed by atoms with Gasteiger partial charge in [-0.15, -0.1) is 10.2 Å². The van der Waals surface area contributed by atoms with E-state index >= 15 is 0 Å². The van der Waals surface area contributed by atoms with Crippen molar-refractivity contribution in [3.63, 3.8) is 0 Å². The first-order valence-corrected chi connectivity index (χ1v) is 12.1. The fourth-order valence-electron chi connectivity index (χ4n) is 5.18. The Morgan fingerprint density at radius 2 is 1.52 bits per heavy atom. The number of nitrogens with zero attached hydrogens (tertiary/aromatic N) is 5. The van der Waals surface area contributed by atoms with E-state index in [9.17, 15) is 9.59 Å². The van der Waals surface area contributed by atoms with Gasteiger partial charge in [0.1, 0.15) is 5.82 Å². The number of amides is 2. The number of benzene rings is 1. The molecule has 0 bridgehead atoms. The fourth-order valence-corrected chi connectivity index (χ4v) is 5.18. The van der Waals surface area contributed by atoms with E-state index in [4.69, 9.17) is 0 Å². The minimum atomic E-state index is 0.0358. The van der Waals surface area contributed by atoms with Gasteiger partial charge in [0.25, 0.3) is 0 Å². The summed E-state index contributed by atoms with van der Waals surface area (Å²) in [6.45, 7) is 2.90. The molecule has 2 saturated heterocycles. The molecule has 172 valence electrons. The molecule has 0 saturated carbocycles. The van der Waals surface area contributed by atoms with Crippen LogP contribution in [0.3, 0.4) is 0 Å². The number of piperidine rings is 2. The van der Waals surface area contributed by atoms with Gasteiger partial charge >= 0.3 is 0 Å². The molecule has 0 aliphatic carbocycles. The molecule has 0 spiro atoms. The Morgan fingerprint density at radius 1 is 0.818 bits per heavy atom. The van der Waals surface area contributed by atoms with Crippen LogP contribution in [0.25, 0.3) is 5.65 Å². The SMILES string of the molecule is O=C(CCc1ccccc1)N1CCC(C(=O)N2CCC(c3nnc4ccccn34)CC2)CC1. The molecular weight excluding hydrogens is 414 g/mol. The molecule has 5 rings (SSSR count). The summed E-state index contributed by atoms with van der Waals surface area (Å²) >= 11 is 0. The van der Waals surface area contributed by atoms with Gasteiger partial charge in [-0.25, -0.2) is 0 Å². The smallest absolute Gasteiger partial charge is 0.225 e. The molecule has 0 unspecified atom stereocenters. The molecule has 0 radical (unpaired) electrons. The van der Waals surface area contributed by atoms with Crippen LogP contribution in [0, 0.1) is 5.92 Å². The Bertz CT molecular complexity index is 1100. The molecule has 1 aromatic carbocycles. The molecule has 0 N–H and O–H groups in total. The average molecular weight is 446 g/mol. The zero-order valence-electron chi connectivity index (χ0n) is 19.0. The van der Waals surface area contributed by atoms with Crippen molar-refractivity contribution in [3.05, 3.63) is 66.1 Å². The normalized spacial score (nSPS) is 18.1. The zero-order valence-corrected chi connectivity index (χ0v) is 19.0. The summed E-state index contributed by atoms with van der Waals surface area (Å²) in [5.74, 6) is 1.83. The molecule has 7 nitrogen and oxygen atoms in total. The maximum Gasteiger partial charge on any atom is 0.225 e. The number of aromatic nitrogens is 3. The maximum atomic E-state index is 13.1. The lowest BCUT2D eigenvalue weighted by atomic mass is 9.91. The number of pyridine rings is 1. The Morgan fingerprint density at radius 3 is 2.27 bits per heavy atom. The zero-order chi connectivity index (χ0) is 22.6. The van der Waals surface area contributed by atoms with Crippen molar-refractivity contribution in [3.8, 4) is 0 Å². The first kappa shape index (κ1) is 21.6. The summed E-state index contributed by atoms with van der Waals surface area (Å²) in [4.78, 5) is 29.7. The van der Waals surface area contributed by atoms with Crippen LogP contribution >= 0.6 is 0 Å². The number of carbonyl (C=O) groups excluding carboxylic acids is 2. The van der Waals surface area contributed by atoms with Crippen molar-refractivity contribution in [2.24, 2.45) is 5.92 Å². The quantitative estimate of drug-likeness (QED) is 0.604. The second-order valence-electron chi connectivity index (χ2n) is 9.23. The molecule has 3 aromatic rings. The van der Waals surface area contributed by atoms with Crippen LogP contribution in [0.5, 0.6) is 0 Å². The van der Waals surface area contributed by atoms with Crippen LogP contribution in [0.1, 0.15) is 49.4 Å². The second-order valence-corrected chi connectivity index (χ2v) is 9.23. The van der Waals surface area contributed by atoms with E-state index < -0.39 is 0 Å². The van der Waals surface area contributed by atoms with Crippen molar-refractivity contribution in [1.29, 1.82) is 0 Å². The van der Waals surface area contributed by atoms with Gasteiger partial charge in [0.2, 0.25) is 11.8 Å². The van der Waals surface area contributed by atoms with Gasteiger partial charge in [0.05, 0.1) is 0 Å². The highest BCUT2D eigenvalue weighted by Crippen LogP contribution is 2.29. The van der Waals surface area contributed by atoms with E-state index in [1.54, 1.807) is 0 Å². The van der Waals surface area contributed by atoms with Crippen molar-refractivity contribution >= 4 is 17.5 Å². The van der Waals surface area contributed by atoms with Gasteiger partial charge in [0, 0.05) is 50.6 Å². The highest BCUT2D eigenvalue weighted by Gasteiger charge is 2.33.